The third-order valence-electron chi connectivity index (χ3n) is 3.08. The van der Waals surface area contributed by atoms with Crippen molar-refractivity contribution in [3.05, 3.63) is 0 Å². The maximum Gasteiger partial charge on any atom is 0.0831 e. The molecular weight excluding hydrogens is 232 g/mol. The monoisotopic (exact) mass is 252 g/mol. The number of thioether (sulfide) groups is 1. The molecule has 0 unspecified atom stereocenters. The van der Waals surface area contributed by atoms with Gasteiger partial charge in [-0.25, -0.2) is 0 Å². The number of aliphatic hydroxyl groups excluding tert-OH is 1. The van der Waals surface area contributed by atoms with Crippen molar-refractivity contribution in [3.8, 4) is 0 Å². The van der Waals surface area contributed by atoms with E-state index >= 15 is 0 Å². The Morgan fingerprint density at radius 2 is 2.13 bits per heavy atom. The van der Waals surface area contributed by atoms with Gasteiger partial charge in [0, 0.05) is 42.7 Å². The molecule has 0 amide bonds. The topological polar surface area (TPSA) is 35.5 Å². The Labute approximate surface area is 102 Å². The standard InChI is InChI=1S/C10H20N2OS.ClH/c1-10(2)7-12(3-4-14-10)8-5-11-6-9(8)13;/h8-9,11,13H,3-7H2,1-2H3;1H/t8-,9-;/m1./s1. The second-order valence-electron chi connectivity index (χ2n) is 4.87. The van der Waals surface area contributed by atoms with Crippen LogP contribution in [0.3, 0.4) is 0 Å². The van der Waals surface area contributed by atoms with Crippen LogP contribution in [0.25, 0.3) is 0 Å². The average molecular weight is 253 g/mol. The molecule has 2 fully saturated rings. The number of rotatable bonds is 1. The summed E-state index contributed by atoms with van der Waals surface area (Å²) < 4.78 is 0.348. The minimum atomic E-state index is -0.172. The van der Waals surface area contributed by atoms with Crippen LogP contribution in [0.15, 0.2) is 0 Å². The van der Waals surface area contributed by atoms with Gasteiger partial charge in [0.2, 0.25) is 0 Å². The maximum atomic E-state index is 9.80. The minimum Gasteiger partial charge on any atom is -0.390 e. The van der Waals surface area contributed by atoms with Gasteiger partial charge >= 0.3 is 0 Å². The van der Waals surface area contributed by atoms with Crippen molar-refractivity contribution >= 4 is 24.2 Å². The molecule has 0 bridgehead atoms. The Kier molecular flexibility index (Phi) is 4.74. The molecule has 90 valence electrons. The third kappa shape index (κ3) is 3.24. The smallest absolute Gasteiger partial charge is 0.0831 e. The highest BCUT2D eigenvalue weighted by molar-refractivity contribution is 8.00. The second kappa shape index (κ2) is 5.23. The minimum absolute atomic E-state index is 0. The fourth-order valence-corrected chi connectivity index (χ4v) is 3.50. The van der Waals surface area contributed by atoms with Crippen LogP contribution < -0.4 is 5.32 Å². The fraction of sp³-hybridized carbons (Fsp3) is 1.00. The van der Waals surface area contributed by atoms with Crippen LogP contribution in [0.5, 0.6) is 0 Å². The van der Waals surface area contributed by atoms with Gasteiger partial charge < -0.3 is 10.4 Å². The maximum absolute atomic E-state index is 9.80. The lowest BCUT2D eigenvalue weighted by molar-refractivity contribution is 0.0800. The molecule has 0 saturated carbocycles. The SMILES string of the molecule is CC1(C)CN([C@@H]2CNC[C@H]2O)CCS1.Cl. The first-order valence-electron chi connectivity index (χ1n) is 5.35. The molecule has 2 aliphatic rings. The number of hydrogen-bond acceptors (Lipinski definition) is 4. The van der Waals surface area contributed by atoms with E-state index < -0.39 is 0 Å². The van der Waals surface area contributed by atoms with Gasteiger partial charge in [-0.1, -0.05) is 0 Å². The zero-order valence-corrected chi connectivity index (χ0v) is 11.0. The first-order valence-corrected chi connectivity index (χ1v) is 6.34. The number of hydrogen-bond donors (Lipinski definition) is 2. The molecule has 0 aromatic carbocycles. The number of halogens is 1. The van der Waals surface area contributed by atoms with Crippen LogP contribution in [0.2, 0.25) is 0 Å². The molecule has 2 rings (SSSR count). The lowest BCUT2D eigenvalue weighted by Gasteiger charge is -2.41. The normalized spacial score (nSPS) is 36.2. The van der Waals surface area contributed by atoms with Crippen LogP contribution in [0, 0.1) is 0 Å². The predicted octanol–water partition coefficient (Wildman–Crippen LogP) is 0.568. The van der Waals surface area contributed by atoms with E-state index in [4.69, 9.17) is 0 Å². The van der Waals surface area contributed by atoms with Crippen LogP contribution in [-0.2, 0) is 0 Å². The van der Waals surface area contributed by atoms with Gasteiger partial charge in [0.1, 0.15) is 0 Å². The summed E-state index contributed by atoms with van der Waals surface area (Å²) in [5, 5.41) is 13.0. The van der Waals surface area contributed by atoms with Crippen molar-refractivity contribution in [3.63, 3.8) is 0 Å². The van der Waals surface area contributed by atoms with Crippen molar-refractivity contribution in [2.45, 2.75) is 30.7 Å². The Bertz CT molecular complexity index is 216. The van der Waals surface area contributed by atoms with E-state index in [1.807, 2.05) is 11.8 Å². The molecule has 0 radical (unpaired) electrons. The molecule has 0 aromatic rings. The zero-order chi connectivity index (χ0) is 10.2. The van der Waals surface area contributed by atoms with Crippen molar-refractivity contribution < 1.29 is 5.11 Å². The summed E-state index contributed by atoms with van der Waals surface area (Å²) >= 11 is 2.04. The molecule has 2 heterocycles. The summed E-state index contributed by atoms with van der Waals surface area (Å²) in [4.78, 5) is 2.45. The summed E-state index contributed by atoms with van der Waals surface area (Å²) in [7, 11) is 0. The quantitative estimate of drug-likeness (QED) is 0.715. The fourth-order valence-electron chi connectivity index (χ4n) is 2.36. The molecule has 0 aliphatic carbocycles. The third-order valence-corrected chi connectivity index (χ3v) is 4.37. The van der Waals surface area contributed by atoms with Crippen LogP contribution in [-0.4, -0.2) is 58.8 Å². The predicted molar refractivity (Wildman–Crippen MR) is 68.0 cm³/mol. The van der Waals surface area contributed by atoms with Crippen LogP contribution >= 0.6 is 24.2 Å². The summed E-state index contributed by atoms with van der Waals surface area (Å²) in [5.41, 5.74) is 0. The van der Waals surface area contributed by atoms with E-state index in [0.717, 1.165) is 26.2 Å². The lowest BCUT2D eigenvalue weighted by Crippen LogP contribution is -2.52. The van der Waals surface area contributed by atoms with Crippen LogP contribution in [0.4, 0.5) is 0 Å². The van der Waals surface area contributed by atoms with E-state index in [-0.39, 0.29) is 18.5 Å². The molecule has 2 N–H and O–H groups in total. The molecule has 0 aromatic heterocycles. The highest BCUT2D eigenvalue weighted by atomic mass is 35.5. The summed E-state index contributed by atoms with van der Waals surface area (Å²) in [6, 6.07) is 0.343. The number of aliphatic hydroxyl groups is 1. The largest absolute Gasteiger partial charge is 0.390 e. The average Bonchev–Trinajstić information content (AvgIpc) is 2.49. The molecule has 15 heavy (non-hydrogen) atoms. The molecule has 3 nitrogen and oxygen atoms in total. The van der Waals surface area contributed by atoms with Crippen molar-refractivity contribution in [1.82, 2.24) is 10.2 Å². The Morgan fingerprint density at radius 1 is 1.40 bits per heavy atom. The number of nitrogens with zero attached hydrogens (tertiary/aromatic N) is 1. The first kappa shape index (κ1) is 13.6. The van der Waals surface area contributed by atoms with Gasteiger partial charge in [0.05, 0.1) is 6.10 Å². The molecular formula is C10H21ClN2OS. The lowest BCUT2D eigenvalue weighted by atomic mass is 10.1. The van der Waals surface area contributed by atoms with Crippen molar-refractivity contribution in [1.29, 1.82) is 0 Å². The zero-order valence-electron chi connectivity index (χ0n) is 9.40. The first-order chi connectivity index (χ1) is 6.58. The van der Waals surface area contributed by atoms with E-state index in [1.165, 1.54) is 5.75 Å². The molecule has 0 spiro atoms. The van der Waals surface area contributed by atoms with Gasteiger partial charge in [-0.05, 0) is 13.8 Å². The van der Waals surface area contributed by atoms with E-state index in [0.29, 0.717) is 10.8 Å². The van der Waals surface area contributed by atoms with E-state index in [2.05, 4.69) is 24.1 Å². The molecule has 2 saturated heterocycles. The van der Waals surface area contributed by atoms with Crippen molar-refractivity contribution in [2.24, 2.45) is 0 Å². The summed E-state index contributed by atoms with van der Waals surface area (Å²) in [5.74, 6) is 1.19. The van der Waals surface area contributed by atoms with E-state index in [1.54, 1.807) is 0 Å². The Morgan fingerprint density at radius 3 is 2.67 bits per heavy atom. The molecule has 2 aliphatic heterocycles. The van der Waals surface area contributed by atoms with Gasteiger partial charge in [-0.15, -0.1) is 12.4 Å². The van der Waals surface area contributed by atoms with Gasteiger partial charge in [-0.3, -0.25) is 4.90 Å². The Balaban J connectivity index is 0.00000112. The van der Waals surface area contributed by atoms with Crippen molar-refractivity contribution in [2.75, 3.05) is 31.9 Å². The molecule has 5 heteroatoms. The summed E-state index contributed by atoms with van der Waals surface area (Å²) in [6.45, 7) is 8.51. The van der Waals surface area contributed by atoms with Gasteiger partial charge in [0.25, 0.3) is 0 Å². The van der Waals surface area contributed by atoms with Gasteiger partial charge in [-0.2, -0.15) is 11.8 Å². The molecule has 2 atom stereocenters. The highest BCUT2D eigenvalue weighted by Crippen LogP contribution is 2.31. The highest BCUT2D eigenvalue weighted by Gasteiger charge is 2.36. The summed E-state index contributed by atoms with van der Waals surface area (Å²) in [6.07, 6.45) is -0.172. The van der Waals surface area contributed by atoms with E-state index in [9.17, 15) is 5.11 Å². The van der Waals surface area contributed by atoms with Crippen LogP contribution in [0.1, 0.15) is 13.8 Å². The van der Waals surface area contributed by atoms with Gasteiger partial charge in [0.15, 0.2) is 0 Å². The number of nitrogens with one attached hydrogen (secondary N) is 1. The number of β-amino-alcohol motifs (C(OH)–C–C–N with tert-alkyl or cyclic N) is 1. The second-order valence-corrected chi connectivity index (χ2v) is 6.67. The Hall–Kier alpha value is 0.520.